The summed E-state index contributed by atoms with van der Waals surface area (Å²) in [5.74, 6) is 3.41. The Kier molecular flexibility index (Phi) is 5.57. The lowest BCUT2D eigenvalue weighted by atomic mass is 9.82. The number of fused-ring (bicyclic) bond motifs is 1. The van der Waals surface area contributed by atoms with E-state index in [1.54, 1.807) is 11.3 Å². The van der Waals surface area contributed by atoms with Crippen molar-refractivity contribution in [3.8, 4) is 0 Å². The average Bonchev–Trinajstić information content (AvgIpc) is 3.18. The number of nitrogens with one attached hydrogen (secondary N) is 1. The third-order valence-electron chi connectivity index (χ3n) is 5.22. The first-order valence-electron chi connectivity index (χ1n) is 9.07. The van der Waals surface area contributed by atoms with Crippen LogP contribution in [-0.4, -0.2) is 42.5 Å². The van der Waals surface area contributed by atoms with Gasteiger partial charge in [0.1, 0.15) is 0 Å². The van der Waals surface area contributed by atoms with Crippen molar-refractivity contribution < 1.29 is 0 Å². The minimum absolute atomic E-state index is 0.530. The molecule has 23 heavy (non-hydrogen) atoms. The average molecular weight is 335 g/mol. The molecule has 5 heteroatoms. The van der Waals surface area contributed by atoms with Gasteiger partial charge in [-0.25, -0.2) is 4.98 Å². The van der Waals surface area contributed by atoms with E-state index in [-0.39, 0.29) is 0 Å². The van der Waals surface area contributed by atoms with Crippen LogP contribution in [0, 0.1) is 11.8 Å². The van der Waals surface area contributed by atoms with Gasteiger partial charge in [0, 0.05) is 44.4 Å². The van der Waals surface area contributed by atoms with Crippen LogP contribution in [0.25, 0.3) is 0 Å². The summed E-state index contributed by atoms with van der Waals surface area (Å²) in [6.07, 6.45) is 6.64. The highest BCUT2D eigenvalue weighted by atomic mass is 32.1. The second-order valence-electron chi connectivity index (χ2n) is 7.27. The number of aromatic nitrogens is 1. The van der Waals surface area contributed by atoms with E-state index in [4.69, 9.17) is 4.98 Å². The maximum absolute atomic E-state index is 4.71. The first kappa shape index (κ1) is 16.7. The highest BCUT2D eigenvalue weighted by Crippen LogP contribution is 2.35. The lowest BCUT2D eigenvalue weighted by Gasteiger charge is -2.22. The Morgan fingerprint density at radius 2 is 2.04 bits per heavy atom. The maximum Gasteiger partial charge on any atom is 0.193 e. The summed E-state index contributed by atoms with van der Waals surface area (Å²) in [4.78, 5) is 11.7. The number of nitrogens with zero attached hydrogens (tertiary/aromatic N) is 3. The molecule has 1 aliphatic carbocycles. The second-order valence-corrected chi connectivity index (χ2v) is 8.16. The zero-order valence-electron chi connectivity index (χ0n) is 14.7. The number of aliphatic imine (C=N–C) groups is 1. The molecule has 1 saturated heterocycles. The Balaban J connectivity index is 1.48. The van der Waals surface area contributed by atoms with Gasteiger partial charge in [-0.05, 0) is 24.7 Å². The van der Waals surface area contributed by atoms with Gasteiger partial charge in [-0.2, -0.15) is 0 Å². The van der Waals surface area contributed by atoms with Crippen molar-refractivity contribution in [2.45, 2.75) is 51.9 Å². The Labute approximate surface area is 144 Å². The SMILES string of the molecule is CN=C(NCCc1csc(C(C)C)n1)N1CC2CCCCC2C1. The molecule has 1 aromatic heterocycles. The molecule has 0 bridgehead atoms. The van der Waals surface area contributed by atoms with E-state index in [1.807, 2.05) is 7.05 Å². The maximum atomic E-state index is 4.71. The lowest BCUT2D eigenvalue weighted by molar-refractivity contribution is 0.299. The van der Waals surface area contributed by atoms with E-state index in [0.29, 0.717) is 5.92 Å². The quantitative estimate of drug-likeness (QED) is 0.677. The number of guanidine groups is 1. The van der Waals surface area contributed by atoms with Crippen LogP contribution in [0.5, 0.6) is 0 Å². The smallest absolute Gasteiger partial charge is 0.193 e. The standard InChI is InChI=1S/C18H30N4S/c1-13(2)17-21-16(12-23-17)8-9-20-18(19-3)22-10-14-6-4-5-7-15(14)11-22/h12-15H,4-11H2,1-3H3,(H,19,20). The van der Waals surface area contributed by atoms with E-state index in [2.05, 4.69) is 34.4 Å². The molecule has 4 nitrogen and oxygen atoms in total. The molecule has 0 aromatic carbocycles. The highest BCUT2D eigenvalue weighted by molar-refractivity contribution is 7.09. The fourth-order valence-electron chi connectivity index (χ4n) is 3.92. The number of hydrogen-bond acceptors (Lipinski definition) is 3. The predicted octanol–water partition coefficient (Wildman–Crippen LogP) is 3.51. The predicted molar refractivity (Wildman–Crippen MR) is 98.3 cm³/mol. The molecule has 0 radical (unpaired) electrons. The monoisotopic (exact) mass is 334 g/mol. The second kappa shape index (κ2) is 7.65. The Bertz CT molecular complexity index is 523. The van der Waals surface area contributed by atoms with Crippen LogP contribution in [0.3, 0.4) is 0 Å². The molecule has 1 aromatic rings. The fraction of sp³-hybridized carbons (Fsp3) is 0.778. The minimum atomic E-state index is 0.530. The lowest BCUT2D eigenvalue weighted by Crippen LogP contribution is -2.41. The van der Waals surface area contributed by atoms with Crippen LogP contribution in [0.1, 0.15) is 56.2 Å². The summed E-state index contributed by atoms with van der Waals surface area (Å²) in [6, 6.07) is 0. The first-order chi connectivity index (χ1) is 11.2. The van der Waals surface area contributed by atoms with Crippen molar-refractivity contribution in [1.29, 1.82) is 0 Å². The fourth-order valence-corrected chi connectivity index (χ4v) is 4.79. The number of likely N-dealkylation sites (tertiary alicyclic amines) is 1. The van der Waals surface area contributed by atoms with Gasteiger partial charge >= 0.3 is 0 Å². The summed E-state index contributed by atoms with van der Waals surface area (Å²) >= 11 is 1.78. The Morgan fingerprint density at radius 3 is 2.61 bits per heavy atom. The molecule has 2 aliphatic rings. The van der Waals surface area contributed by atoms with Gasteiger partial charge in [0.15, 0.2) is 5.96 Å². The number of rotatable bonds is 4. The molecule has 2 atom stereocenters. The molecule has 1 aliphatic heterocycles. The van der Waals surface area contributed by atoms with Gasteiger partial charge < -0.3 is 10.2 Å². The van der Waals surface area contributed by atoms with Crippen LogP contribution < -0.4 is 5.32 Å². The number of hydrogen-bond donors (Lipinski definition) is 1. The summed E-state index contributed by atoms with van der Waals surface area (Å²) in [6.45, 7) is 7.71. The van der Waals surface area contributed by atoms with Crippen LogP contribution in [0.15, 0.2) is 10.4 Å². The molecule has 128 valence electrons. The van der Waals surface area contributed by atoms with E-state index >= 15 is 0 Å². The summed E-state index contributed by atoms with van der Waals surface area (Å²) in [5.41, 5.74) is 1.21. The molecular weight excluding hydrogens is 304 g/mol. The van der Waals surface area contributed by atoms with E-state index in [9.17, 15) is 0 Å². The van der Waals surface area contributed by atoms with Crippen LogP contribution in [0.4, 0.5) is 0 Å². The largest absolute Gasteiger partial charge is 0.356 e. The molecule has 2 fully saturated rings. The zero-order valence-corrected chi connectivity index (χ0v) is 15.5. The van der Waals surface area contributed by atoms with Crippen molar-refractivity contribution in [3.05, 3.63) is 16.1 Å². The van der Waals surface area contributed by atoms with Gasteiger partial charge in [0.25, 0.3) is 0 Å². The molecule has 1 saturated carbocycles. The van der Waals surface area contributed by atoms with Gasteiger partial charge in [0.05, 0.1) is 10.7 Å². The van der Waals surface area contributed by atoms with Crippen molar-refractivity contribution in [3.63, 3.8) is 0 Å². The Morgan fingerprint density at radius 1 is 1.35 bits per heavy atom. The van der Waals surface area contributed by atoms with Crippen LogP contribution >= 0.6 is 11.3 Å². The molecule has 2 unspecified atom stereocenters. The normalized spacial score (nSPS) is 25.0. The third kappa shape index (κ3) is 4.06. The third-order valence-corrected chi connectivity index (χ3v) is 6.41. The van der Waals surface area contributed by atoms with Gasteiger partial charge in [-0.3, -0.25) is 4.99 Å². The summed E-state index contributed by atoms with van der Waals surface area (Å²) in [7, 11) is 1.91. The molecule has 3 rings (SSSR count). The summed E-state index contributed by atoms with van der Waals surface area (Å²) < 4.78 is 0. The van der Waals surface area contributed by atoms with Crippen molar-refractivity contribution in [2.24, 2.45) is 16.8 Å². The number of thiazole rings is 1. The van der Waals surface area contributed by atoms with Gasteiger partial charge in [-0.1, -0.05) is 26.7 Å². The van der Waals surface area contributed by atoms with Crippen molar-refractivity contribution in [2.75, 3.05) is 26.7 Å². The topological polar surface area (TPSA) is 40.5 Å². The van der Waals surface area contributed by atoms with Gasteiger partial charge in [-0.15, -0.1) is 11.3 Å². The van der Waals surface area contributed by atoms with Crippen LogP contribution in [0.2, 0.25) is 0 Å². The van der Waals surface area contributed by atoms with E-state index in [0.717, 1.165) is 30.8 Å². The zero-order chi connectivity index (χ0) is 16.2. The molecule has 0 spiro atoms. The van der Waals surface area contributed by atoms with Crippen molar-refractivity contribution in [1.82, 2.24) is 15.2 Å². The highest BCUT2D eigenvalue weighted by Gasteiger charge is 2.35. The van der Waals surface area contributed by atoms with Crippen molar-refractivity contribution >= 4 is 17.3 Å². The summed E-state index contributed by atoms with van der Waals surface area (Å²) in [5, 5.41) is 6.99. The molecule has 1 N–H and O–H groups in total. The van der Waals surface area contributed by atoms with E-state index in [1.165, 1.54) is 49.5 Å². The first-order valence-corrected chi connectivity index (χ1v) is 9.95. The minimum Gasteiger partial charge on any atom is -0.356 e. The van der Waals surface area contributed by atoms with Crippen LogP contribution in [-0.2, 0) is 6.42 Å². The van der Waals surface area contributed by atoms with Gasteiger partial charge in [0.2, 0.25) is 0 Å². The van der Waals surface area contributed by atoms with E-state index < -0.39 is 0 Å². The molecule has 0 amide bonds. The Hall–Kier alpha value is -1.10. The molecular formula is C18H30N4S. The molecule has 2 heterocycles.